The van der Waals surface area contributed by atoms with Crippen LogP contribution in [0.1, 0.15) is 0 Å². The summed E-state index contributed by atoms with van der Waals surface area (Å²) in [5.74, 6) is 1.98. The fourth-order valence-corrected chi connectivity index (χ4v) is 9.76. The molecule has 51 heavy (non-hydrogen) atoms. The minimum Gasteiger partial charge on any atom is -0.455 e. The normalized spacial score (nSPS) is 11.9. The molecule has 6 heteroatoms. The lowest BCUT2D eigenvalue weighted by molar-refractivity contribution is 0.670. The molecule has 0 unspecified atom stereocenters. The van der Waals surface area contributed by atoms with Crippen LogP contribution >= 0.6 is 22.7 Å². The second-order valence-corrected chi connectivity index (χ2v) is 14.9. The zero-order chi connectivity index (χ0) is 33.5. The summed E-state index contributed by atoms with van der Waals surface area (Å²) >= 11 is 3.60. The summed E-state index contributed by atoms with van der Waals surface area (Å²) in [6, 6.07) is 53.1. The van der Waals surface area contributed by atoms with E-state index in [1.165, 1.54) is 45.9 Å². The van der Waals surface area contributed by atoms with Crippen molar-refractivity contribution in [3.05, 3.63) is 152 Å². The van der Waals surface area contributed by atoms with Gasteiger partial charge in [0.2, 0.25) is 0 Å². The second-order valence-electron chi connectivity index (χ2n) is 12.7. The molecule has 0 saturated carbocycles. The summed E-state index contributed by atoms with van der Waals surface area (Å²) in [6.07, 6.45) is 0. The van der Waals surface area contributed by atoms with Crippen LogP contribution < -0.4 is 0 Å². The standard InChI is InChI=1S/C45H25N3OS2/c1-2-11-26(12-3-1)43-46-44(48-45(47-43)34-18-10-22-38-41(34)32-14-5-7-20-36(32)50-38)27-23-24-33-39(25-27)51-37-21-9-15-29(40(33)37)31-17-8-16-30-28-13-4-6-19-35(28)49-42(30)31/h1-25H. The van der Waals surface area contributed by atoms with E-state index in [4.69, 9.17) is 19.4 Å². The van der Waals surface area contributed by atoms with E-state index in [-0.39, 0.29) is 0 Å². The van der Waals surface area contributed by atoms with Crippen molar-refractivity contribution in [1.29, 1.82) is 0 Å². The van der Waals surface area contributed by atoms with Gasteiger partial charge in [0.1, 0.15) is 11.2 Å². The van der Waals surface area contributed by atoms with E-state index in [0.717, 1.165) is 44.2 Å². The average Bonchev–Trinajstić information content (AvgIpc) is 3.89. The molecular weight excluding hydrogens is 663 g/mol. The van der Waals surface area contributed by atoms with Crippen LogP contribution in [0, 0.1) is 0 Å². The number of para-hydroxylation sites is 2. The maximum Gasteiger partial charge on any atom is 0.164 e. The minimum absolute atomic E-state index is 0.655. The van der Waals surface area contributed by atoms with E-state index in [1.807, 2.05) is 30.3 Å². The summed E-state index contributed by atoms with van der Waals surface area (Å²) < 4.78 is 11.4. The first-order valence-electron chi connectivity index (χ1n) is 16.9. The summed E-state index contributed by atoms with van der Waals surface area (Å²) in [4.78, 5) is 15.4. The molecule has 11 rings (SSSR count). The Morgan fingerprint density at radius 1 is 0.373 bits per heavy atom. The van der Waals surface area contributed by atoms with Crippen molar-refractivity contribution >= 4 is 85.0 Å². The molecule has 11 aromatic rings. The molecule has 0 aliphatic carbocycles. The largest absolute Gasteiger partial charge is 0.455 e. The van der Waals surface area contributed by atoms with Crippen molar-refractivity contribution in [2.75, 3.05) is 0 Å². The van der Waals surface area contributed by atoms with Crippen molar-refractivity contribution < 1.29 is 4.42 Å². The molecule has 0 spiro atoms. The van der Waals surface area contributed by atoms with Gasteiger partial charge < -0.3 is 4.42 Å². The zero-order valence-corrected chi connectivity index (χ0v) is 28.6. The number of nitrogens with zero attached hydrogens (tertiary/aromatic N) is 3. The van der Waals surface area contributed by atoms with E-state index in [9.17, 15) is 0 Å². The lowest BCUT2D eigenvalue weighted by atomic mass is 9.97. The van der Waals surface area contributed by atoms with Crippen molar-refractivity contribution in [2.24, 2.45) is 0 Å². The number of furan rings is 1. The molecule has 4 nitrogen and oxygen atoms in total. The van der Waals surface area contributed by atoms with Gasteiger partial charge in [-0.25, -0.2) is 15.0 Å². The summed E-state index contributed by atoms with van der Waals surface area (Å²) in [5.41, 5.74) is 7.01. The van der Waals surface area contributed by atoms with Crippen molar-refractivity contribution in [3.63, 3.8) is 0 Å². The lowest BCUT2D eigenvalue weighted by Crippen LogP contribution is -2.00. The third-order valence-corrected chi connectivity index (χ3v) is 12.0. The first-order valence-corrected chi connectivity index (χ1v) is 18.5. The van der Waals surface area contributed by atoms with Gasteiger partial charge in [0, 0.05) is 73.4 Å². The summed E-state index contributed by atoms with van der Waals surface area (Å²) in [7, 11) is 0. The van der Waals surface area contributed by atoms with Crippen molar-refractivity contribution in [1.82, 2.24) is 15.0 Å². The second kappa shape index (κ2) is 11.2. The van der Waals surface area contributed by atoms with Gasteiger partial charge >= 0.3 is 0 Å². The van der Waals surface area contributed by atoms with Crippen LogP contribution in [-0.4, -0.2) is 15.0 Å². The van der Waals surface area contributed by atoms with Crippen LogP contribution in [0.3, 0.4) is 0 Å². The Balaban J connectivity index is 1.11. The molecule has 0 N–H and O–H groups in total. The maximum absolute atomic E-state index is 6.47. The Kier molecular flexibility index (Phi) is 6.26. The molecule has 0 fully saturated rings. The Morgan fingerprint density at radius 2 is 0.961 bits per heavy atom. The molecule has 238 valence electrons. The van der Waals surface area contributed by atoms with Gasteiger partial charge in [0.15, 0.2) is 17.5 Å². The van der Waals surface area contributed by atoms with Gasteiger partial charge in [-0.1, -0.05) is 121 Å². The van der Waals surface area contributed by atoms with E-state index in [2.05, 4.69) is 121 Å². The smallest absolute Gasteiger partial charge is 0.164 e. The zero-order valence-electron chi connectivity index (χ0n) is 27.0. The quantitative estimate of drug-likeness (QED) is 0.185. The van der Waals surface area contributed by atoms with Crippen LogP contribution in [0.2, 0.25) is 0 Å². The molecule has 0 amide bonds. The highest BCUT2D eigenvalue weighted by atomic mass is 32.1. The number of hydrogen-bond acceptors (Lipinski definition) is 6. The molecule has 4 aromatic heterocycles. The van der Waals surface area contributed by atoms with E-state index in [0.29, 0.717) is 17.5 Å². The van der Waals surface area contributed by atoms with Crippen LogP contribution in [0.5, 0.6) is 0 Å². The van der Waals surface area contributed by atoms with Crippen LogP contribution in [-0.2, 0) is 0 Å². The molecule has 4 heterocycles. The molecule has 0 bridgehead atoms. The summed E-state index contributed by atoms with van der Waals surface area (Å²) in [6.45, 7) is 0. The molecule has 0 saturated heterocycles. The molecular formula is C45H25N3OS2. The maximum atomic E-state index is 6.47. The Bertz CT molecular complexity index is 3160. The number of hydrogen-bond donors (Lipinski definition) is 0. The Labute approximate surface area is 299 Å². The van der Waals surface area contributed by atoms with E-state index in [1.54, 1.807) is 22.7 Å². The van der Waals surface area contributed by atoms with E-state index < -0.39 is 0 Å². The van der Waals surface area contributed by atoms with Gasteiger partial charge in [0.25, 0.3) is 0 Å². The summed E-state index contributed by atoms with van der Waals surface area (Å²) in [5, 5.41) is 7.10. The lowest BCUT2D eigenvalue weighted by Gasteiger charge is -2.10. The number of aromatic nitrogens is 3. The number of fused-ring (bicyclic) bond motifs is 9. The Hall–Kier alpha value is -6.21. The van der Waals surface area contributed by atoms with Gasteiger partial charge in [-0.2, -0.15) is 0 Å². The highest BCUT2D eigenvalue weighted by Crippen LogP contribution is 2.45. The predicted molar refractivity (Wildman–Crippen MR) is 215 cm³/mol. The molecule has 7 aromatic carbocycles. The molecule has 0 atom stereocenters. The average molecular weight is 688 g/mol. The molecule has 0 aliphatic rings. The van der Waals surface area contributed by atoms with Gasteiger partial charge in [-0.3, -0.25) is 0 Å². The van der Waals surface area contributed by atoms with E-state index >= 15 is 0 Å². The number of thiophene rings is 2. The molecule has 0 aliphatic heterocycles. The number of rotatable bonds is 4. The molecule has 0 radical (unpaired) electrons. The minimum atomic E-state index is 0.655. The fraction of sp³-hybridized carbons (Fsp3) is 0. The third kappa shape index (κ3) is 4.47. The number of benzene rings is 7. The Morgan fingerprint density at radius 3 is 1.82 bits per heavy atom. The SMILES string of the molecule is c1ccc(-c2nc(-c3ccc4c(c3)sc3cccc(-c5cccc6c5oc5ccccc56)c34)nc(-c3cccc4sc5ccccc5c34)n2)cc1. The highest BCUT2D eigenvalue weighted by Gasteiger charge is 2.19. The van der Waals surface area contributed by atoms with Crippen LogP contribution in [0.4, 0.5) is 0 Å². The topological polar surface area (TPSA) is 51.8 Å². The van der Waals surface area contributed by atoms with Gasteiger partial charge in [-0.15, -0.1) is 22.7 Å². The third-order valence-electron chi connectivity index (χ3n) is 9.76. The van der Waals surface area contributed by atoms with Crippen LogP contribution in [0.15, 0.2) is 156 Å². The fourth-order valence-electron chi connectivity index (χ4n) is 7.45. The van der Waals surface area contributed by atoms with Crippen LogP contribution in [0.25, 0.3) is 108 Å². The monoisotopic (exact) mass is 687 g/mol. The van der Waals surface area contributed by atoms with Crippen molar-refractivity contribution in [2.45, 2.75) is 0 Å². The van der Waals surface area contributed by atoms with Gasteiger partial charge in [0.05, 0.1) is 0 Å². The predicted octanol–water partition coefficient (Wildman–Crippen LogP) is 13.2. The van der Waals surface area contributed by atoms with Crippen molar-refractivity contribution in [3.8, 4) is 45.3 Å². The van der Waals surface area contributed by atoms with Gasteiger partial charge in [-0.05, 0) is 35.9 Å². The highest BCUT2D eigenvalue weighted by molar-refractivity contribution is 7.26. The first-order chi connectivity index (χ1) is 25.3. The first kappa shape index (κ1) is 28.6.